The van der Waals surface area contributed by atoms with E-state index < -0.39 is 11.9 Å². The molecule has 7 heteroatoms. The number of fused-ring (bicyclic) bond motifs is 1. The zero-order valence-electron chi connectivity index (χ0n) is 15.0. The second-order valence-electron chi connectivity index (χ2n) is 5.95. The van der Waals surface area contributed by atoms with Crippen molar-refractivity contribution in [3.63, 3.8) is 0 Å². The topological polar surface area (TPSA) is 83.1 Å². The number of hydrogen-bond donors (Lipinski definition) is 1. The van der Waals surface area contributed by atoms with E-state index >= 15 is 0 Å². The van der Waals surface area contributed by atoms with Gasteiger partial charge in [0.05, 0.1) is 12.1 Å². The van der Waals surface area contributed by atoms with Gasteiger partial charge in [-0.3, -0.25) is 4.79 Å². The summed E-state index contributed by atoms with van der Waals surface area (Å²) in [7, 11) is 0. The van der Waals surface area contributed by atoms with Gasteiger partial charge in [0.1, 0.15) is 25.6 Å². The smallest absolute Gasteiger partial charge is 0.338 e. The fourth-order valence-electron chi connectivity index (χ4n) is 2.50. The number of amides is 1. The van der Waals surface area contributed by atoms with E-state index in [1.807, 2.05) is 31.2 Å². The van der Waals surface area contributed by atoms with Crippen LogP contribution in [0, 0.1) is 6.92 Å². The number of carbonyl (C=O) groups excluding carboxylic acids is 2. The molecular weight excluding hydrogens is 350 g/mol. The molecule has 0 aromatic heterocycles. The molecule has 1 heterocycles. The van der Waals surface area contributed by atoms with Crippen molar-refractivity contribution >= 4 is 11.9 Å². The number of rotatable bonds is 7. The van der Waals surface area contributed by atoms with Crippen LogP contribution in [-0.4, -0.2) is 44.8 Å². The standard InChI is InChI=1S/C20H21NO6/c1-14-3-2-4-16(11-14)24-8-7-21-19(22)13-27-20(23)15-5-6-17-18(12-15)26-10-9-25-17/h2-6,11-12H,7-10,13H2,1H3,(H,21,22). The van der Waals surface area contributed by atoms with Gasteiger partial charge in [-0.05, 0) is 42.8 Å². The van der Waals surface area contributed by atoms with Crippen LogP contribution in [0.15, 0.2) is 42.5 Å². The molecule has 0 saturated heterocycles. The Morgan fingerprint density at radius 1 is 1.07 bits per heavy atom. The van der Waals surface area contributed by atoms with E-state index in [4.69, 9.17) is 18.9 Å². The second-order valence-corrected chi connectivity index (χ2v) is 5.95. The predicted molar refractivity (Wildman–Crippen MR) is 97.4 cm³/mol. The number of benzene rings is 2. The summed E-state index contributed by atoms with van der Waals surface area (Å²) >= 11 is 0. The van der Waals surface area contributed by atoms with Crippen molar-refractivity contribution in [2.45, 2.75) is 6.92 Å². The molecule has 0 unspecified atom stereocenters. The summed E-state index contributed by atoms with van der Waals surface area (Å²) in [6, 6.07) is 12.4. The van der Waals surface area contributed by atoms with E-state index in [1.54, 1.807) is 18.2 Å². The lowest BCUT2D eigenvalue weighted by Gasteiger charge is -2.18. The monoisotopic (exact) mass is 371 g/mol. The molecule has 7 nitrogen and oxygen atoms in total. The van der Waals surface area contributed by atoms with Gasteiger partial charge in [0, 0.05) is 0 Å². The van der Waals surface area contributed by atoms with Gasteiger partial charge >= 0.3 is 5.97 Å². The van der Waals surface area contributed by atoms with E-state index in [9.17, 15) is 9.59 Å². The third-order valence-corrected chi connectivity index (χ3v) is 3.79. The van der Waals surface area contributed by atoms with Gasteiger partial charge < -0.3 is 24.3 Å². The maximum absolute atomic E-state index is 12.1. The van der Waals surface area contributed by atoms with Crippen molar-refractivity contribution in [2.24, 2.45) is 0 Å². The number of esters is 1. The predicted octanol–water partition coefficient (Wildman–Crippen LogP) is 2.12. The molecule has 142 valence electrons. The summed E-state index contributed by atoms with van der Waals surface area (Å²) in [5.41, 5.74) is 1.40. The van der Waals surface area contributed by atoms with Crippen LogP contribution < -0.4 is 19.5 Å². The molecule has 2 aromatic rings. The van der Waals surface area contributed by atoms with Gasteiger partial charge in [-0.2, -0.15) is 0 Å². The minimum atomic E-state index is -0.599. The maximum atomic E-state index is 12.1. The van der Waals surface area contributed by atoms with Crippen LogP contribution in [0.25, 0.3) is 0 Å². The molecule has 1 aliphatic rings. The summed E-state index contributed by atoms with van der Waals surface area (Å²) in [4.78, 5) is 23.8. The van der Waals surface area contributed by atoms with Crippen LogP contribution in [0.3, 0.4) is 0 Å². The highest BCUT2D eigenvalue weighted by Crippen LogP contribution is 2.30. The van der Waals surface area contributed by atoms with Gasteiger partial charge in [-0.1, -0.05) is 12.1 Å². The molecular formula is C20H21NO6. The minimum absolute atomic E-state index is 0.301. The first kappa shape index (κ1) is 18.6. The number of aryl methyl sites for hydroxylation is 1. The number of carbonyl (C=O) groups is 2. The highest BCUT2D eigenvalue weighted by Gasteiger charge is 2.16. The molecule has 2 aromatic carbocycles. The number of nitrogens with one attached hydrogen (secondary N) is 1. The number of hydrogen-bond acceptors (Lipinski definition) is 6. The van der Waals surface area contributed by atoms with Crippen LogP contribution in [0.4, 0.5) is 0 Å². The Morgan fingerprint density at radius 3 is 2.70 bits per heavy atom. The maximum Gasteiger partial charge on any atom is 0.338 e. The molecule has 0 fully saturated rings. The third-order valence-electron chi connectivity index (χ3n) is 3.79. The van der Waals surface area contributed by atoms with E-state index in [2.05, 4.69) is 5.32 Å². The van der Waals surface area contributed by atoms with Crippen LogP contribution in [-0.2, 0) is 9.53 Å². The Morgan fingerprint density at radius 2 is 1.89 bits per heavy atom. The second kappa shape index (κ2) is 8.93. The van der Waals surface area contributed by atoms with Gasteiger partial charge in [0.2, 0.25) is 0 Å². The Kier molecular flexibility index (Phi) is 6.14. The molecule has 3 rings (SSSR count). The van der Waals surface area contributed by atoms with E-state index in [0.717, 1.165) is 11.3 Å². The van der Waals surface area contributed by atoms with Crippen molar-refractivity contribution in [1.29, 1.82) is 0 Å². The Labute approximate surface area is 157 Å². The molecule has 0 aliphatic carbocycles. The summed E-state index contributed by atoms with van der Waals surface area (Å²) in [5, 5.41) is 2.64. The average Bonchev–Trinajstić information content (AvgIpc) is 2.69. The van der Waals surface area contributed by atoms with Gasteiger partial charge in [0.15, 0.2) is 18.1 Å². The zero-order valence-corrected chi connectivity index (χ0v) is 15.0. The lowest BCUT2D eigenvalue weighted by Crippen LogP contribution is -2.32. The van der Waals surface area contributed by atoms with E-state index in [1.165, 1.54) is 0 Å². The molecule has 1 aliphatic heterocycles. The van der Waals surface area contributed by atoms with Gasteiger partial charge in [0.25, 0.3) is 5.91 Å². The zero-order chi connectivity index (χ0) is 19.1. The fraction of sp³-hybridized carbons (Fsp3) is 0.300. The Bertz CT molecular complexity index is 820. The first-order valence-electron chi connectivity index (χ1n) is 8.65. The highest BCUT2D eigenvalue weighted by molar-refractivity contribution is 5.92. The van der Waals surface area contributed by atoms with Crippen molar-refractivity contribution in [2.75, 3.05) is 33.0 Å². The fourth-order valence-corrected chi connectivity index (χ4v) is 2.50. The van der Waals surface area contributed by atoms with Crippen LogP contribution in [0.1, 0.15) is 15.9 Å². The third kappa shape index (κ3) is 5.37. The summed E-state index contributed by atoms with van der Waals surface area (Å²) in [6.07, 6.45) is 0. The summed E-state index contributed by atoms with van der Waals surface area (Å²) in [5.74, 6) is 0.832. The molecule has 0 saturated carbocycles. The van der Waals surface area contributed by atoms with E-state index in [-0.39, 0.29) is 6.61 Å². The normalized spacial score (nSPS) is 12.2. The summed E-state index contributed by atoms with van der Waals surface area (Å²) in [6.45, 7) is 3.16. The molecule has 27 heavy (non-hydrogen) atoms. The van der Waals surface area contributed by atoms with Gasteiger partial charge in [-0.15, -0.1) is 0 Å². The van der Waals surface area contributed by atoms with Crippen LogP contribution in [0.5, 0.6) is 17.2 Å². The van der Waals surface area contributed by atoms with E-state index in [0.29, 0.717) is 43.4 Å². The van der Waals surface area contributed by atoms with Crippen LogP contribution in [0.2, 0.25) is 0 Å². The van der Waals surface area contributed by atoms with Crippen molar-refractivity contribution in [1.82, 2.24) is 5.32 Å². The summed E-state index contributed by atoms with van der Waals surface area (Å²) < 4.78 is 21.4. The molecule has 0 atom stereocenters. The molecule has 0 radical (unpaired) electrons. The quantitative estimate of drug-likeness (QED) is 0.593. The SMILES string of the molecule is Cc1cccc(OCCNC(=O)COC(=O)c2ccc3c(c2)OCCO3)c1. The Hall–Kier alpha value is -3.22. The van der Waals surface area contributed by atoms with Gasteiger partial charge in [-0.25, -0.2) is 4.79 Å². The van der Waals surface area contributed by atoms with Crippen molar-refractivity contribution in [3.05, 3.63) is 53.6 Å². The van der Waals surface area contributed by atoms with Crippen LogP contribution >= 0.6 is 0 Å². The molecule has 1 N–H and O–H groups in total. The molecule has 0 spiro atoms. The average molecular weight is 371 g/mol. The first-order valence-corrected chi connectivity index (χ1v) is 8.65. The first-order chi connectivity index (χ1) is 13.1. The highest BCUT2D eigenvalue weighted by atomic mass is 16.6. The largest absolute Gasteiger partial charge is 0.492 e. The minimum Gasteiger partial charge on any atom is -0.492 e. The lowest BCUT2D eigenvalue weighted by molar-refractivity contribution is -0.124. The van der Waals surface area contributed by atoms with Crippen molar-refractivity contribution in [3.8, 4) is 17.2 Å². The van der Waals surface area contributed by atoms with Crippen molar-refractivity contribution < 1.29 is 28.5 Å². The molecule has 1 amide bonds. The molecule has 0 bridgehead atoms. The number of ether oxygens (including phenoxy) is 4. The lowest BCUT2D eigenvalue weighted by atomic mass is 10.2. The Balaban J connectivity index is 1.38.